The number of nitrogen functional groups attached to an aromatic ring is 1. The minimum atomic E-state index is 0.640. The largest absolute Gasteiger partial charge is 0.397 e. The minimum Gasteiger partial charge on any atom is -0.397 e. The first-order valence-electron chi connectivity index (χ1n) is 6.98. The first kappa shape index (κ1) is 14.6. The van der Waals surface area contributed by atoms with Crippen LogP contribution in [0.4, 0.5) is 11.5 Å². The van der Waals surface area contributed by atoms with Gasteiger partial charge in [0.1, 0.15) is 5.82 Å². The monoisotopic (exact) mass is 326 g/mol. The summed E-state index contributed by atoms with van der Waals surface area (Å²) >= 11 is 3.63. The predicted molar refractivity (Wildman–Crippen MR) is 84.6 cm³/mol. The SMILES string of the molecule is CCN(CC)C1CCN(c2ncc(N)c(C)c2Br)C1. The fourth-order valence-electron chi connectivity index (χ4n) is 2.77. The number of hydrogen-bond donors (Lipinski definition) is 1. The molecule has 4 nitrogen and oxygen atoms in total. The molecule has 1 aromatic rings. The Morgan fingerprint density at radius 1 is 1.47 bits per heavy atom. The molecule has 0 aliphatic carbocycles. The highest BCUT2D eigenvalue weighted by molar-refractivity contribution is 9.10. The summed E-state index contributed by atoms with van der Waals surface area (Å²) in [4.78, 5) is 9.39. The second kappa shape index (κ2) is 6.09. The quantitative estimate of drug-likeness (QED) is 0.923. The first-order valence-corrected chi connectivity index (χ1v) is 7.77. The van der Waals surface area contributed by atoms with Crippen LogP contribution >= 0.6 is 15.9 Å². The minimum absolute atomic E-state index is 0.640. The van der Waals surface area contributed by atoms with Gasteiger partial charge in [-0.1, -0.05) is 13.8 Å². The normalized spacial score (nSPS) is 19.4. The molecule has 5 heteroatoms. The van der Waals surface area contributed by atoms with Gasteiger partial charge < -0.3 is 10.6 Å². The number of likely N-dealkylation sites (N-methyl/N-ethyl adjacent to an activating group) is 1. The molecule has 1 aliphatic heterocycles. The Kier molecular flexibility index (Phi) is 4.68. The van der Waals surface area contributed by atoms with Gasteiger partial charge in [-0.3, -0.25) is 4.90 Å². The van der Waals surface area contributed by atoms with Crippen LogP contribution in [0.3, 0.4) is 0 Å². The third kappa shape index (κ3) is 2.87. The van der Waals surface area contributed by atoms with Gasteiger partial charge in [0.05, 0.1) is 16.4 Å². The van der Waals surface area contributed by atoms with E-state index in [1.54, 1.807) is 6.20 Å². The average molecular weight is 327 g/mol. The third-order valence-corrected chi connectivity index (χ3v) is 5.03. The Morgan fingerprint density at radius 3 is 2.79 bits per heavy atom. The van der Waals surface area contributed by atoms with Crippen LogP contribution in [0.1, 0.15) is 25.8 Å². The molecule has 1 aliphatic rings. The molecule has 2 rings (SSSR count). The molecule has 0 saturated carbocycles. The highest BCUT2D eigenvalue weighted by Gasteiger charge is 2.28. The topological polar surface area (TPSA) is 45.4 Å². The van der Waals surface area contributed by atoms with E-state index < -0.39 is 0 Å². The summed E-state index contributed by atoms with van der Waals surface area (Å²) < 4.78 is 1.03. The number of halogens is 1. The average Bonchev–Trinajstić information content (AvgIpc) is 2.87. The smallest absolute Gasteiger partial charge is 0.143 e. The van der Waals surface area contributed by atoms with Gasteiger partial charge in [0.25, 0.3) is 0 Å². The van der Waals surface area contributed by atoms with Crippen molar-refractivity contribution in [3.63, 3.8) is 0 Å². The molecule has 1 saturated heterocycles. The summed E-state index contributed by atoms with van der Waals surface area (Å²) in [6.45, 7) is 10.8. The van der Waals surface area contributed by atoms with E-state index in [0.717, 1.165) is 47.7 Å². The summed E-state index contributed by atoms with van der Waals surface area (Å²) in [5, 5.41) is 0. The van der Waals surface area contributed by atoms with E-state index in [9.17, 15) is 0 Å². The molecule has 1 fully saturated rings. The van der Waals surface area contributed by atoms with E-state index in [-0.39, 0.29) is 0 Å². The maximum absolute atomic E-state index is 5.89. The van der Waals surface area contributed by atoms with Crippen molar-refractivity contribution in [1.29, 1.82) is 0 Å². The van der Waals surface area contributed by atoms with Gasteiger partial charge in [-0.25, -0.2) is 4.98 Å². The molecule has 1 aromatic heterocycles. The highest BCUT2D eigenvalue weighted by atomic mass is 79.9. The molecule has 1 atom stereocenters. The van der Waals surface area contributed by atoms with Gasteiger partial charge in [0.2, 0.25) is 0 Å². The van der Waals surface area contributed by atoms with Crippen LogP contribution in [0.25, 0.3) is 0 Å². The Bertz CT molecular complexity index is 445. The lowest BCUT2D eigenvalue weighted by Gasteiger charge is -2.26. The van der Waals surface area contributed by atoms with Crippen molar-refractivity contribution in [1.82, 2.24) is 9.88 Å². The van der Waals surface area contributed by atoms with Crippen molar-refractivity contribution in [3.8, 4) is 0 Å². The number of hydrogen-bond acceptors (Lipinski definition) is 4. The zero-order chi connectivity index (χ0) is 14.0. The van der Waals surface area contributed by atoms with Crippen LogP contribution in [0.5, 0.6) is 0 Å². The Hall–Kier alpha value is -0.810. The Labute approximate surface area is 124 Å². The number of nitrogens with two attached hydrogens (primary N) is 1. The molecule has 1 unspecified atom stereocenters. The molecular formula is C14H23BrN4. The summed E-state index contributed by atoms with van der Waals surface area (Å²) in [6, 6.07) is 0.640. The second-order valence-corrected chi connectivity index (χ2v) is 5.88. The molecule has 2 heterocycles. The zero-order valence-corrected chi connectivity index (χ0v) is 13.6. The number of anilines is 2. The van der Waals surface area contributed by atoms with Gasteiger partial charge in [0, 0.05) is 19.1 Å². The number of nitrogens with zero attached hydrogens (tertiary/aromatic N) is 3. The van der Waals surface area contributed by atoms with Crippen molar-refractivity contribution >= 4 is 27.4 Å². The van der Waals surface area contributed by atoms with E-state index >= 15 is 0 Å². The van der Waals surface area contributed by atoms with E-state index in [2.05, 4.69) is 44.6 Å². The van der Waals surface area contributed by atoms with Gasteiger partial charge >= 0.3 is 0 Å². The number of aromatic nitrogens is 1. The summed E-state index contributed by atoms with van der Waals surface area (Å²) in [6.07, 6.45) is 2.97. The van der Waals surface area contributed by atoms with Crippen LogP contribution in [0.15, 0.2) is 10.7 Å². The van der Waals surface area contributed by atoms with Crippen molar-refractivity contribution in [2.24, 2.45) is 0 Å². The van der Waals surface area contributed by atoms with Crippen molar-refractivity contribution in [2.75, 3.05) is 36.8 Å². The van der Waals surface area contributed by atoms with Gasteiger partial charge in [-0.2, -0.15) is 0 Å². The second-order valence-electron chi connectivity index (χ2n) is 5.09. The lowest BCUT2D eigenvalue weighted by molar-refractivity contribution is 0.232. The van der Waals surface area contributed by atoms with E-state index in [0.29, 0.717) is 6.04 Å². The van der Waals surface area contributed by atoms with Crippen LogP contribution in [-0.4, -0.2) is 42.1 Å². The van der Waals surface area contributed by atoms with Crippen molar-refractivity contribution < 1.29 is 0 Å². The third-order valence-electron chi connectivity index (χ3n) is 4.08. The molecule has 19 heavy (non-hydrogen) atoms. The van der Waals surface area contributed by atoms with Gasteiger partial charge in [-0.05, 0) is 47.9 Å². The van der Waals surface area contributed by atoms with Gasteiger partial charge in [-0.15, -0.1) is 0 Å². The lowest BCUT2D eigenvalue weighted by atomic mass is 10.2. The molecule has 2 N–H and O–H groups in total. The standard InChI is InChI=1S/C14H23BrN4/c1-4-18(5-2)11-6-7-19(9-11)14-13(15)10(3)12(16)8-17-14/h8,11H,4-7,9,16H2,1-3H3. The maximum atomic E-state index is 5.89. The summed E-state index contributed by atoms with van der Waals surface area (Å²) in [5.74, 6) is 1.03. The van der Waals surface area contributed by atoms with E-state index in [1.165, 1.54) is 6.42 Å². The van der Waals surface area contributed by atoms with Crippen molar-refractivity contribution in [2.45, 2.75) is 33.2 Å². The lowest BCUT2D eigenvalue weighted by Crippen LogP contribution is -2.37. The van der Waals surface area contributed by atoms with Crippen LogP contribution in [0.2, 0.25) is 0 Å². The molecule has 0 radical (unpaired) electrons. The van der Waals surface area contributed by atoms with Crippen LogP contribution in [0, 0.1) is 6.92 Å². The molecule has 0 aromatic carbocycles. The van der Waals surface area contributed by atoms with Gasteiger partial charge in [0.15, 0.2) is 0 Å². The van der Waals surface area contributed by atoms with Crippen molar-refractivity contribution in [3.05, 3.63) is 16.2 Å². The molecule has 0 amide bonds. The highest BCUT2D eigenvalue weighted by Crippen LogP contribution is 2.32. The number of pyridine rings is 1. The fraction of sp³-hybridized carbons (Fsp3) is 0.643. The molecular weight excluding hydrogens is 304 g/mol. The molecule has 106 valence electrons. The van der Waals surface area contributed by atoms with Crippen LogP contribution in [-0.2, 0) is 0 Å². The molecule has 0 bridgehead atoms. The van der Waals surface area contributed by atoms with E-state index in [1.807, 2.05) is 6.92 Å². The summed E-state index contributed by atoms with van der Waals surface area (Å²) in [7, 11) is 0. The Balaban J connectivity index is 2.15. The Morgan fingerprint density at radius 2 is 2.16 bits per heavy atom. The van der Waals surface area contributed by atoms with Crippen LogP contribution < -0.4 is 10.6 Å². The maximum Gasteiger partial charge on any atom is 0.143 e. The summed E-state index contributed by atoms with van der Waals surface area (Å²) in [5.41, 5.74) is 7.71. The zero-order valence-electron chi connectivity index (χ0n) is 12.0. The van der Waals surface area contributed by atoms with E-state index in [4.69, 9.17) is 5.73 Å². The fourth-order valence-corrected chi connectivity index (χ4v) is 3.35. The molecule has 0 spiro atoms. The number of rotatable bonds is 4. The predicted octanol–water partition coefficient (Wildman–Crippen LogP) is 2.66. The first-order chi connectivity index (χ1) is 9.08.